The quantitative estimate of drug-likeness (QED) is 0.701. The predicted octanol–water partition coefficient (Wildman–Crippen LogP) is 4.71. The number of hydrogen-bond donors (Lipinski definition) is 1. The van der Waals surface area contributed by atoms with Crippen molar-refractivity contribution in [1.82, 2.24) is 10.2 Å². The fourth-order valence-electron chi connectivity index (χ4n) is 3.45. The van der Waals surface area contributed by atoms with Crippen molar-refractivity contribution < 1.29 is 9.53 Å². The maximum Gasteiger partial charge on any atom is 0.258 e. The summed E-state index contributed by atoms with van der Waals surface area (Å²) in [5, 5.41) is 3.76. The number of hydrogen-bond acceptors (Lipinski definition) is 3. The smallest absolute Gasteiger partial charge is 0.258 e. The first kappa shape index (κ1) is 22.5. The van der Waals surface area contributed by atoms with E-state index in [1.807, 2.05) is 49.4 Å². The molecule has 0 bridgehead atoms. The monoisotopic (exact) mass is 422 g/mol. The number of carbonyl (C=O) groups is 1. The Morgan fingerprint density at radius 3 is 2.54 bits per heavy atom. The number of nitrogens with zero attached hydrogens (tertiary/aromatic N) is 1. The summed E-state index contributed by atoms with van der Waals surface area (Å²) in [5.74, 6) is 0.597. The number of aryl methyl sites for hydroxylation is 2. The van der Waals surface area contributed by atoms with E-state index in [1.54, 1.807) is 0 Å². The summed E-state index contributed by atoms with van der Waals surface area (Å²) < 4.78 is 5.64. The number of likely N-dealkylation sites (tertiary alicyclic amines) is 1. The number of nitrogens with one attached hydrogen (secondary N) is 1. The average molecular weight is 423 g/mol. The molecule has 2 aromatic carbocycles. The fraction of sp³-hybridized carbons (Fsp3) is 0.409. The van der Waals surface area contributed by atoms with E-state index in [0.29, 0.717) is 6.54 Å². The molecule has 4 nitrogen and oxygen atoms in total. The van der Waals surface area contributed by atoms with Crippen LogP contribution in [0.4, 0.5) is 0 Å². The Hall–Kier alpha value is -1.75. The largest absolute Gasteiger partial charge is 0.484 e. The molecule has 3 rings (SSSR count). The maximum atomic E-state index is 12.3. The minimum absolute atomic E-state index is 0. The van der Waals surface area contributed by atoms with Crippen LogP contribution in [0.3, 0.4) is 0 Å². The Labute approximate surface area is 178 Å². The van der Waals surface area contributed by atoms with Crippen LogP contribution in [0.25, 0.3) is 0 Å². The molecule has 28 heavy (non-hydrogen) atoms. The van der Waals surface area contributed by atoms with Crippen molar-refractivity contribution in [2.75, 3.05) is 26.2 Å². The topological polar surface area (TPSA) is 41.6 Å². The third kappa shape index (κ3) is 5.87. The number of ether oxygens (including phenoxy) is 1. The van der Waals surface area contributed by atoms with Crippen LogP contribution in [0.15, 0.2) is 42.5 Å². The first-order chi connectivity index (χ1) is 13.0. The lowest BCUT2D eigenvalue weighted by Crippen LogP contribution is -2.38. The van der Waals surface area contributed by atoms with Crippen LogP contribution in [0.2, 0.25) is 5.02 Å². The second-order valence-electron chi connectivity index (χ2n) is 7.12. The molecule has 1 aliphatic rings. The van der Waals surface area contributed by atoms with Crippen LogP contribution in [0.1, 0.15) is 35.6 Å². The Balaban J connectivity index is 0.00000280. The second kappa shape index (κ2) is 10.7. The fourth-order valence-corrected chi connectivity index (χ4v) is 3.71. The number of carbonyl (C=O) groups excluding carboxylic acids is 1. The van der Waals surface area contributed by atoms with Crippen LogP contribution in [-0.2, 0) is 4.79 Å². The zero-order valence-corrected chi connectivity index (χ0v) is 18.0. The summed E-state index contributed by atoms with van der Waals surface area (Å²) in [6, 6.07) is 13.8. The molecule has 2 aromatic rings. The third-order valence-electron chi connectivity index (χ3n) is 5.19. The summed E-state index contributed by atoms with van der Waals surface area (Å²) in [6.07, 6.45) is 2.37. The molecule has 1 aliphatic heterocycles. The number of benzene rings is 2. The molecule has 1 amide bonds. The highest BCUT2D eigenvalue weighted by Gasteiger charge is 2.25. The molecular weight excluding hydrogens is 395 g/mol. The first-order valence-corrected chi connectivity index (χ1v) is 9.87. The zero-order valence-electron chi connectivity index (χ0n) is 16.4. The number of amides is 1. The van der Waals surface area contributed by atoms with E-state index in [-0.39, 0.29) is 31.0 Å². The van der Waals surface area contributed by atoms with Gasteiger partial charge in [0.05, 0.1) is 6.04 Å². The molecule has 0 spiro atoms. The van der Waals surface area contributed by atoms with Gasteiger partial charge in [0.25, 0.3) is 5.91 Å². The van der Waals surface area contributed by atoms with E-state index in [1.165, 1.54) is 18.4 Å². The number of halogens is 2. The summed E-state index contributed by atoms with van der Waals surface area (Å²) >= 11 is 6.42. The highest BCUT2D eigenvalue weighted by molar-refractivity contribution is 6.31. The minimum atomic E-state index is -0.121. The van der Waals surface area contributed by atoms with E-state index in [0.717, 1.165) is 35.0 Å². The molecular formula is C22H28Cl2N2O2. The SMILES string of the molecule is Cc1ccc(OCC(=O)NCC(c2ccccc2Cl)N2CCCC2)cc1C.Cl. The molecule has 1 fully saturated rings. The Morgan fingerprint density at radius 1 is 1.14 bits per heavy atom. The van der Waals surface area contributed by atoms with Crippen molar-refractivity contribution in [1.29, 1.82) is 0 Å². The molecule has 1 N–H and O–H groups in total. The molecule has 1 atom stereocenters. The lowest BCUT2D eigenvalue weighted by molar-refractivity contribution is -0.123. The Morgan fingerprint density at radius 2 is 1.86 bits per heavy atom. The standard InChI is InChI=1S/C22H27ClN2O2.ClH/c1-16-9-10-18(13-17(16)2)27-15-22(26)24-14-21(25-11-5-6-12-25)19-7-3-4-8-20(19)23;/h3-4,7-10,13,21H,5-6,11-12,14-15H2,1-2H3,(H,24,26);1H. The van der Waals surface area contributed by atoms with Crippen LogP contribution in [0, 0.1) is 13.8 Å². The van der Waals surface area contributed by atoms with Gasteiger partial charge >= 0.3 is 0 Å². The summed E-state index contributed by atoms with van der Waals surface area (Å²) in [4.78, 5) is 14.7. The van der Waals surface area contributed by atoms with Crippen LogP contribution >= 0.6 is 24.0 Å². The van der Waals surface area contributed by atoms with Crippen LogP contribution in [-0.4, -0.2) is 37.0 Å². The van der Waals surface area contributed by atoms with E-state index >= 15 is 0 Å². The molecule has 1 unspecified atom stereocenters. The van der Waals surface area contributed by atoms with Crippen molar-refractivity contribution in [3.8, 4) is 5.75 Å². The van der Waals surface area contributed by atoms with Crippen molar-refractivity contribution in [2.24, 2.45) is 0 Å². The van der Waals surface area contributed by atoms with Crippen LogP contribution < -0.4 is 10.1 Å². The van der Waals surface area contributed by atoms with E-state index in [2.05, 4.69) is 17.1 Å². The maximum absolute atomic E-state index is 12.3. The molecule has 6 heteroatoms. The van der Waals surface area contributed by atoms with Crippen molar-refractivity contribution in [3.63, 3.8) is 0 Å². The molecule has 1 heterocycles. The summed E-state index contributed by atoms with van der Waals surface area (Å²) in [6.45, 7) is 6.69. The van der Waals surface area contributed by atoms with E-state index in [4.69, 9.17) is 16.3 Å². The average Bonchev–Trinajstić information content (AvgIpc) is 3.19. The van der Waals surface area contributed by atoms with E-state index in [9.17, 15) is 4.79 Å². The van der Waals surface area contributed by atoms with Gasteiger partial charge in [0.1, 0.15) is 5.75 Å². The highest BCUT2D eigenvalue weighted by atomic mass is 35.5. The van der Waals surface area contributed by atoms with Gasteiger partial charge in [0.15, 0.2) is 6.61 Å². The summed E-state index contributed by atoms with van der Waals surface area (Å²) in [5.41, 5.74) is 3.43. The molecule has 0 aromatic heterocycles. The molecule has 1 saturated heterocycles. The van der Waals surface area contributed by atoms with Gasteiger partial charge in [-0.3, -0.25) is 9.69 Å². The molecule has 152 valence electrons. The third-order valence-corrected chi connectivity index (χ3v) is 5.53. The molecule has 0 aliphatic carbocycles. The molecule has 0 radical (unpaired) electrons. The molecule has 0 saturated carbocycles. The second-order valence-corrected chi connectivity index (χ2v) is 7.53. The van der Waals surface area contributed by atoms with Crippen molar-refractivity contribution in [2.45, 2.75) is 32.7 Å². The van der Waals surface area contributed by atoms with Gasteiger partial charge in [-0.25, -0.2) is 0 Å². The van der Waals surface area contributed by atoms with Crippen molar-refractivity contribution in [3.05, 3.63) is 64.2 Å². The van der Waals surface area contributed by atoms with Gasteiger partial charge in [-0.1, -0.05) is 35.9 Å². The van der Waals surface area contributed by atoms with Crippen molar-refractivity contribution >= 4 is 29.9 Å². The van der Waals surface area contributed by atoms with Gasteiger partial charge < -0.3 is 10.1 Å². The van der Waals surface area contributed by atoms with Gasteiger partial charge in [-0.05, 0) is 74.7 Å². The van der Waals surface area contributed by atoms with Gasteiger partial charge in [0, 0.05) is 11.6 Å². The Bertz CT molecular complexity index is 792. The normalized spacial score (nSPS) is 15.0. The first-order valence-electron chi connectivity index (χ1n) is 9.50. The van der Waals surface area contributed by atoms with Gasteiger partial charge in [0.2, 0.25) is 0 Å². The predicted molar refractivity (Wildman–Crippen MR) is 117 cm³/mol. The zero-order chi connectivity index (χ0) is 19.2. The summed E-state index contributed by atoms with van der Waals surface area (Å²) in [7, 11) is 0. The highest BCUT2D eigenvalue weighted by Crippen LogP contribution is 2.29. The number of rotatable bonds is 7. The van der Waals surface area contributed by atoms with Crippen LogP contribution in [0.5, 0.6) is 5.75 Å². The van der Waals surface area contributed by atoms with E-state index < -0.39 is 0 Å². The minimum Gasteiger partial charge on any atom is -0.484 e. The Kier molecular flexibility index (Phi) is 8.61. The van der Waals surface area contributed by atoms with Gasteiger partial charge in [-0.2, -0.15) is 0 Å². The lowest BCUT2D eigenvalue weighted by Gasteiger charge is -2.29. The van der Waals surface area contributed by atoms with Gasteiger partial charge in [-0.15, -0.1) is 12.4 Å². The lowest BCUT2D eigenvalue weighted by atomic mass is 10.1.